The summed E-state index contributed by atoms with van der Waals surface area (Å²) in [6, 6.07) is 0. The van der Waals surface area contributed by atoms with Gasteiger partial charge in [0.2, 0.25) is 0 Å². The SMILES string of the molecule is CC(C)(C)N(C(=O)O)C1(C)[CH]C1. The van der Waals surface area contributed by atoms with Crippen LogP contribution in [0.15, 0.2) is 0 Å². The van der Waals surface area contributed by atoms with E-state index in [9.17, 15) is 4.79 Å². The molecule has 1 aliphatic carbocycles. The molecule has 1 saturated carbocycles. The zero-order valence-electron chi connectivity index (χ0n) is 8.09. The van der Waals surface area contributed by atoms with Gasteiger partial charge in [-0.15, -0.1) is 0 Å². The molecule has 1 amide bonds. The van der Waals surface area contributed by atoms with Crippen molar-refractivity contribution in [2.45, 2.75) is 45.2 Å². The van der Waals surface area contributed by atoms with Crippen LogP contribution in [0.1, 0.15) is 34.1 Å². The van der Waals surface area contributed by atoms with Gasteiger partial charge in [-0.25, -0.2) is 4.79 Å². The average Bonchev–Trinajstić information content (AvgIpc) is 2.41. The molecule has 1 unspecified atom stereocenters. The zero-order chi connectivity index (χ0) is 9.57. The van der Waals surface area contributed by atoms with Crippen molar-refractivity contribution < 1.29 is 9.90 Å². The van der Waals surface area contributed by atoms with Gasteiger partial charge in [-0.2, -0.15) is 0 Å². The molecule has 3 nitrogen and oxygen atoms in total. The lowest BCUT2D eigenvalue weighted by atomic mass is 10.0. The predicted octanol–water partition coefficient (Wildman–Crippen LogP) is 2.13. The summed E-state index contributed by atoms with van der Waals surface area (Å²) in [5, 5.41) is 8.99. The number of amides is 1. The maximum atomic E-state index is 10.9. The first-order chi connectivity index (χ1) is 5.27. The Morgan fingerprint density at radius 3 is 2.08 bits per heavy atom. The molecule has 0 spiro atoms. The van der Waals surface area contributed by atoms with Gasteiger partial charge in [-0.1, -0.05) is 0 Å². The van der Waals surface area contributed by atoms with Gasteiger partial charge in [0, 0.05) is 11.1 Å². The number of carbonyl (C=O) groups is 1. The fourth-order valence-electron chi connectivity index (χ4n) is 1.60. The third-order valence-corrected chi connectivity index (χ3v) is 2.17. The molecule has 0 saturated heterocycles. The predicted molar refractivity (Wildman–Crippen MR) is 46.9 cm³/mol. The molecule has 3 heteroatoms. The highest BCUT2D eigenvalue weighted by Crippen LogP contribution is 2.43. The summed E-state index contributed by atoms with van der Waals surface area (Å²) in [6.07, 6.45) is 2.06. The number of hydrogen-bond acceptors (Lipinski definition) is 1. The Bertz CT molecular complexity index is 196. The minimum Gasteiger partial charge on any atom is -0.465 e. The molecular formula is C9H16NO2. The highest BCUT2D eigenvalue weighted by molar-refractivity contribution is 5.68. The molecule has 1 atom stereocenters. The molecule has 0 aromatic carbocycles. The van der Waals surface area contributed by atoms with Crippen molar-refractivity contribution in [2.24, 2.45) is 0 Å². The first-order valence-electron chi connectivity index (χ1n) is 4.15. The fraction of sp³-hybridized carbons (Fsp3) is 0.778. The highest BCUT2D eigenvalue weighted by atomic mass is 16.4. The Morgan fingerprint density at radius 2 is 2.00 bits per heavy atom. The first kappa shape index (κ1) is 9.36. The summed E-state index contributed by atoms with van der Waals surface area (Å²) >= 11 is 0. The topological polar surface area (TPSA) is 40.5 Å². The van der Waals surface area contributed by atoms with Crippen molar-refractivity contribution in [1.29, 1.82) is 0 Å². The molecule has 0 bridgehead atoms. The Kier molecular flexibility index (Phi) is 1.85. The Balaban J connectivity index is 2.83. The highest BCUT2D eigenvalue weighted by Gasteiger charge is 2.50. The Labute approximate surface area is 73.4 Å². The second-order valence-electron chi connectivity index (χ2n) is 4.55. The van der Waals surface area contributed by atoms with Crippen molar-refractivity contribution in [2.75, 3.05) is 0 Å². The lowest BCUT2D eigenvalue weighted by Gasteiger charge is -2.38. The Hall–Kier alpha value is -0.730. The van der Waals surface area contributed by atoms with Gasteiger partial charge in [0.05, 0.1) is 0 Å². The normalized spacial score (nSPS) is 20.3. The van der Waals surface area contributed by atoms with Crippen LogP contribution in [0, 0.1) is 6.42 Å². The summed E-state index contributed by atoms with van der Waals surface area (Å²) in [6.45, 7) is 7.70. The second kappa shape index (κ2) is 2.38. The molecule has 1 aliphatic rings. The smallest absolute Gasteiger partial charge is 0.408 e. The van der Waals surface area contributed by atoms with Gasteiger partial charge in [0.25, 0.3) is 0 Å². The van der Waals surface area contributed by atoms with E-state index in [0.29, 0.717) is 0 Å². The average molecular weight is 170 g/mol. The van der Waals surface area contributed by atoms with Crippen LogP contribution in [0.3, 0.4) is 0 Å². The van der Waals surface area contributed by atoms with Gasteiger partial charge in [0.1, 0.15) is 0 Å². The van der Waals surface area contributed by atoms with E-state index in [1.54, 1.807) is 0 Å². The zero-order valence-corrected chi connectivity index (χ0v) is 8.09. The van der Waals surface area contributed by atoms with E-state index in [0.717, 1.165) is 6.42 Å². The number of nitrogens with zero attached hydrogens (tertiary/aromatic N) is 1. The summed E-state index contributed by atoms with van der Waals surface area (Å²) in [7, 11) is 0. The Morgan fingerprint density at radius 1 is 1.58 bits per heavy atom. The van der Waals surface area contributed by atoms with Gasteiger partial charge in [-0.3, -0.25) is 4.90 Å². The summed E-state index contributed by atoms with van der Waals surface area (Å²) in [5.74, 6) is 0. The molecule has 0 aliphatic heterocycles. The molecule has 0 heterocycles. The van der Waals surface area contributed by atoms with Crippen molar-refractivity contribution in [3.05, 3.63) is 6.42 Å². The number of hydrogen-bond donors (Lipinski definition) is 1. The van der Waals surface area contributed by atoms with E-state index in [1.807, 2.05) is 34.1 Å². The minimum atomic E-state index is -0.834. The fourth-order valence-corrected chi connectivity index (χ4v) is 1.60. The van der Waals surface area contributed by atoms with E-state index in [2.05, 4.69) is 0 Å². The number of rotatable bonds is 1. The van der Waals surface area contributed by atoms with E-state index in [4.69, 9.17) is 5.11 Å². The largest absolute Gasteiger partial charge is 0.465 e. The van der Waals surface area contributed by atoms with Crippen molar-refractivity contribution >= 4 is 6.09 Å². The maximum absolute atomic E-state index is 10.9. The molecule has 1 rings (SSSR count). The quantitative estimate of drug-likeness (QED) is 0.655. The van der Waals surface area contributed by atoms with Crippen molar-refractivity contribution in [1.82, 2.24) is 4.90 Å². The first-order valence-corrected chi connectivity index (χ1v) is 4.15. The molecule has 0 aromatic rings. The summed E-state index contributed by atoms with van der Waals surface area (Å²) in [4.78, 5) is 12.5. The van der Waals surface area contributed by atoms with Gasteiger partial charge >= 0.3 is 6.09 Å². The van der Waals surface area contributed by atoms with Crippen LogP contribution >= 0.6 is 0 Å². The molecular weight excluding hydrogens is 154 g/mol. The molecule has 0 aromatic heterocycles. The van der Waals surface area contributed by atoms with Crippen molar-refractivity contribution in [3.63, 3.8) is 0 Å². The lowest BCUT2D eigenvalue weighted by Crippen LogP contribution is -2.51. The van der Waals surface area contributed by atoms with Crippen LogP contribution in [0.25, 0.3) is 0 Å². The molecule has 1 N–H and O–H groups in total. The van der Waals surface area contributed by atoms with Gasteiger partial charge in [-0.05, 0) is 40.5 Å². The van der Waals surface area contributed by atoms with Crippen LogP contribution < -0.4 is 0 Å². The van der Waals surface area contributed by atoms with Crippen LogP contribution in [0.4, 0.5) is 4.79 Å². The molecule has 1 radical (unpaired) electrons. The molecule has 1 fully saturated rings. The van der Waals surface area contributed by atoms with Crippen LogP contribution in [0.2, 0.25) is 0 Å². The van der Waals surface area contributed by atoms with E-state index >= 15 is 0 Å². The third-order valence-electron chi connectivity index (χ3n) is 2.17. The van der Waals surface area contributed by atoms with Crippen molar-refractivity contribution in [3.8, 4) is 0 Å². The minimum absolute atomic E-state index is 0.218. The molecule has 69 valence electrons. The van der Waals surface area contributed by atoms with E-state index in [-0.39, 0.29) is 11.1 Å². The van der Waals surface area contributed by atoms with Crippen LogP contribution in [-0.2, 0) is 0 Å². The van der Waals surface area contributed by atoms with Gasteiger partial charge < -0.3 is 5.11 Å². The third kappa shape index (κ3) is 1.54. The van der Waals surface area contributed by atoms with E-state index < -0.39 is 6.09 Å². The van der Waals surface area contributed by atoms with Gasteiger partial charge in [0.15, 0.2) is 0 Å². The molecule has 12 heavy (non-hydrogen) atoms. The summed E-state index contributed by atoms with van der Waals surface area (Å²) < 4.78 is 0. The van der Waals surface area contributed by atoms with Crippen LogP contribution in [-0.4, -0.2) is 27.2 Å². The lowest BCUT2D eigenvalue weighted by molar-refractivity contribution is 0.0711. The second-order valence-corrected chi connectivity index (χ2v) is 4.55. The van der Waals surface area contributed by atoms with Crippen LogP contribution in [0.5, 0.6) is 0 Å². The van der Waals surface area contributed by atoms with E-state index in [1.165, 1.54) is 4.90 Å². The number of carboxylic acid groups (broad SMARTS) is 1. The monoisotopic (exact) mass is 170 g/mol. The standard InChI is InChI=1S/C9H16NO2/c1-8(2,3)10(7(11)12)9(4)5-6-9/h5H,6H2,1-4H3,(H,11,12). The summed E-state index contributed by atoms with van der Waals surface area (Å²) in [5.41, 5.74) is -0.530. The maximum Gasteiger partial charge on any atom is 0.408 e.